The van der Waals surface area contributed by atoms with E-state index in [-0.39, 0.29) is 6.04 Å². The average Bonchev–Trinajstić information content (AvgIpc) is 2.83. The van der Waals surface area contributed by atoms with Gasteiger partial charge in [-0.25, -0.2) is 0 Å². The van der Waals surface area contributed by atoms with Gasteiger partial charge in [-0.3, -0.25) is 4.90 Å². The lowest BCUT2D eigenvalue weighted by molar-refractivity contribution is -0.117. The van der Waals surface area contributed by atoms with Crippen molar-refractivity contribution in [3.63, 3.8) is 0 Å². The highest BCUT2D eigenvalue weighted by molar-refractivity contribution is 5.50. The summed E-state index contributed by atoms with van der Waals surface area (Å²) in [5, 5.41) is 11.8. The van der Waals surface area contributed by atoms with Crippen LogP contribution in [0.3, 0.4) is 0 Å². The van der Waals surface area contributed by atoms with Crippen molar-refractivity contribution in [2.75, 3.05) is 6.54 Å². The van der Waals surface area contributed by atoms with Gasteiger partial charge in [0, 0.05) is 12.6 Å². The Bertz CT molecular complexity index is 1040. The minimum Gasteiger partial charge on any atom is -0.384 e. The molecule has 2 nitrogen and oxygen atoms in total. The second kappa shape index (κ2) is 8.38. The third kappa shape index (κ3) is 3.28. The number of benzene rings is 4. The summed E-state index contributed by atoms with van der Waals surface area (Å²) in [7, 11) is 0. The van der Waals surface area contributed by atoms with Gasteiger partial charge in [-0.05, 0) is 35.6 Å². The molecule has 1 heterocycles. The van der Waals surface area contributed by atoms with Crippen LogP contribution in [-0.4, -0.2) is 22.6 Å². The molecule has 0 spiro atoms. The molecule has 0 aliphatic carbocycles. The third-order valence-electron chi connectivity index (χ3n) is 7.03. The first-order valence-electron chi connectivity index (χ1n) is 11.4. The Labute approximate surface area is 190 Å². The molecule has 160 valence electrons. The number of rotatable bonds is 6. The van der Waals surface area contributed by atoms with Gasteiger partial charge in [-0.1, -0.05) is 121 Å². The zero-order chi connectivity index (χ0) is 22.0. The second-order valence-electron chi connectivity index (χ2n) is 8.82. The molecule has 0 aromatic heterocycles. The van der Waals surface area contributed by atoms with E-state index in [1.54, 1.807) is 0 Å². The molecule has 0 bridgehead atoms. The van der Waals surface area contributed by atoms with E-state index < -0.39 is 11.1 Å². The highest BCUT2D eigenvalue weighted by Gasteiger charge is 2.54. The minimum absolute atomic E-state index is 0.0227. The van der Waals surface area contributed by atoms with Gasteiger partial charge in [0.15, 0.2) is 0 Å². The fraction of sp³-hybridized carbons (Fsp3) is 0.200. The fourth-order valence-corrected chi connectivity index (χ4v) is 5.38. The van der Waals surface area contributed by atoms with Crippen LogP contribution in [0.5, 0.6) is 0 Å². The lowest BCUT2D eigenvalue weighted by atomic mass is 9.69. The van der Waals surface area contributed by atoms with Crippen molar-refractivity contribution in [2.24, 2.45) is 0 Å². The molecule has 0 saturated carbocycles. The van der Waals surface area contributed by atoms with E-state index in [1.807, 2.05) is 37.3 Å². The van der Waals surface area contributed by atoms with Gasteiger partial charge in [0.25, 0.3) is 0 Å². The monoisotopic (exact) mass is 419 g/mol. The van der Waals surface area contributed by atoms with Crippen molar-refractivity contribution in [2.45, 2.75) is 30.5 Å². The summed E-state index contributed by atoms with van der Waals surface area (Å²) < 4.78 is 0. The first-order chi connectivity index (χ1) is 15.6. The number of nitrogens with zero attached hydrogens (tertiary/aromatic N) is 1. The molecule has 32 heavy (non-hydrogen) atoms. The second-order valence-corrected chi connectivity index (χ2v) is 8.82. The number of hydrogen-bond donors (Lipinski definition) is 1. The largest absolute Gasteiger partial charge is 0.384 e. The molecule has 4 aromatic rings. The summed E-state index contributed by atoms with van der Waals surface area (Å²) in [6.07, 6.45) is 0.941. The van der Waals surface area contributed by atoms with Crippen molar-refractivity contribution in [1.82, 2.24) is 4.90 Å². The molecular weight excluding hydrogens is 390 g/mol. The van der Waals surface area contributed by atoms with Crippen LogP contribution in [0.1, 0.15) is 35.6 Å². The average molecular weight is 420 g/mol. The van der Waals surface area contributed by atoms with E-state index in [1.165, 1.54) is 16.7 Å². The van der Waals surface area contributed by atoms with E-state index >= 15 is 0 Å². The molecule has 1 saturated heterocycles. The zero-order valence-corrected chi connectivity index (χ0v) is 18.4. The summed E-state index contributed by atoms with van der Waals surface area (Å²) >= 11 is 0. The first kappa shape index (κ1) is 20.7. The summed E-state index contributed by atoms with van der Waals surface area (Å²) in [6, 6.07) is 42.2. The zero-order valence-electron chi connectivity index (χ0n) is 18.4. The predicted molar refractivity (Wildman–Crippen MR) is 130 cm³/mol. The Morgan fingerprint density at radius 3 is 1.25 bits per heavy atom. The van der Waals surface area contributed by atoms with Crippen molar-refractivity contribution in [1.29, 1.82) is 0 Å². The summed E-state index contributed by atoms with van der Waals surface area (Å²) in [4.78, 5) is 2.50. The van der Waals surface area contributed by atoms with Crippen molar-refractivity contribution < 1.29 is 5.11 Å². The van der Waals surface area contributed by atoms with Crippen LogP contribution in [0.4, 0.5) is 0 Å². The van der Waals surface area contributed by atoms with Gasteiger partial charge in [-0.2, -0.15) is 0 Å². The van der Waals surface area contributed by atoms with Crippen LogP contribution < -0.4 is 0 Å². The van der Waals surface area contributed by atoms with Gasteiger partial charge in [0.1, 0.15) is 5.60 Å². The SMILES string of the molecule is CC(O)(c1ccccc1)[C@@H]1CCN1C(c1ccccc1)(c1ccccc1)c1ccccc1. The molecule has 1 unspecified atom stereocenters. The first-order valence-corrected chi connectivity index (χ1v) is 11.4. The Hall–Kier alpha value is -3.20. The Morgan fingerprint density at radius 1 is 0.594 bits per heavy atom. The molecule has 1 aliphatic heterocycles. The van der Waals surface area contributed by atoms with Crippen LogP contribution in [0, 0.1) is 0 Å². The van der Waals surface area contributed by atoms with Crippen LogP contribution in [0.15, 0.2) is 121 Å². The molecule has 1 aliphatic rings. The van der Waals surface area contributed by atoms with Gasteiger partial charge in [-0.15, -0.1) is 0 Å². The van der Waals surface area contributed by atoms with E-state index in [4.69, 9.17) is 0 Å². The van der Waals surface area contributed by atoms with E-state index in [0.29, 0.717) is 0 Å². The third-order valence-corrected chi connectivity index (χ3v) is 7.03. The molecule has 0 radical (unpaired) electrons. The van der Waals surface area contributed by atoms with E-state index in [0.717, 1.165) is 18.5 Å². The van der Waals surface area contributed by atoms with Crippen LogP contribution in [0.25, 0.3) is 0 Å². The summed E-state index contributed by atoms with van der Waals surface area (Å²) in [5.74, 6) is 0. The minimum atomic E-state index is -0.969. The van der Waals surface area contributed by atoms with Crippen molar-refractivity contribution in [3.05, 3.63) is 144 Å². The maximum atomic E-state index is 11.8. The smallest absolute Gasteiger partial charge is 0.102 e. The molecule has 4 aromatic carbocycles. The van der Waals surface area contributed by atoms with Crippen LogP contribution in [0.2, 0.25) is 0 Å². The van der Waals surface area contributed by atoms with Gasteiger partial charge >= 0.3 is 0 Å². The van der Waals surface area contributed by atoms with Gasteiger partial charge in [0.2, 0.25) is 0 Å². The van der Waals surface area contributed by atoms with E-state index in [2.05, 4.69) is 95.9 Å². The van der Waals surface area contributed by atoms with Crippen molar-refractivity contribution in [3.8, 4) is 0 Å². The van der Waals surface area contributed by atoms with Crippen molar-refractivity contribution >= 4 is 0 Å². The lowest BCUT2D eigenvalue weighted by Gasteiger charge is -2.58. The van der Waals surface area contributed by atoms with Crippen LogP contribution in [-0.2, 0) is 11.1 Å². The van der Waals surface area contributed by atoms with Gasteiger partial charge < -0.3 is 5.11 Å². The normalized spacial score (nSPS) is 18.5. The molecule has 1 fully saturated rings. The highest BCUT2D eigenvalue weighted by atomic mass is 16.3. The van der Waals surface area contributed by atoms with E-state index in [9.17, 15) is 5.11 Å². The molecule has 2 heteroatoms. The number of hydrogen-bond acceptors (Lipinski definition) is 2. The topological polar surface area (TPSA) is 23.5 Å². The standard InChI is InChI=1S/C30H29NO/c1-29(32,24-14-6-2-7-15-24)28-22-23-31(28)30(25-16-8-3-9-17-25,26-18-10-4-11-19-26)27-20-12-5-13-21-27/h2-21,28,32H,22-23H2,1H3/t28-,29?/m0/s1. The summed E-state index contributed by atoms with van der Waals surface area (Å²) in [5.41, 5.74) is 3.13. The maximum absolute atomic E-state index is 11.8. The molecule has 5 rings (SSSR count). The molecule has 2 atom stereocenters. The molecular formula is C30H29NO. The fourth-order valence-electron chi connectivity index (χ4n) is 5.38. The predicted octanol–water partition coefficient (Wildman–Crippen LogP) is 5.96. The summed E-state index contributed by atoms with van der Waals surface area (Å²) in [6.45, 7) is 2.87. The van der Waals surface area contributed by atoms with Crippen LogP contribution >= 0.6 is 0 Å². The number of likely N-dealkylation sites (tertiary alicyclic amines) is 1. The highest BCUT2D eigenvalue weighted by Crippen LogP contribution is 2.50. The lowest BCUT2D eigenvalue weighted by Crippen LogP contribution is -2.66. The maximum Gasteiger partial charge on any atom is 0.102 e. The Kier molecular flexibility index (Phi) is 5.42. The quantitative estimate of drug-likeness (QED) is 0.390. The molecule has 1 N–H and O–H groups in total. The Balaban J connectivity index is 1.74. The number of aliphatic hydroxyl groups is 1. The molecule has 0 amide bonds. The Morgan fingerprint density at radius 2 is 0.938 bits per heavy atom. The van der Waals surface area contributed by atoms with Gasteiger partial charge in [0.05, 0.1) is 5.54 Å².